The molecule has 0 fully saturated rings. The summed E-state index contributed by atoms with van der Waals surface area (Å²) in [5.74, 6) is 0. The number of nitrogens with one attached hydrogen (secondary N) is 1. The van der Waals surface area contributed by atoms with E-state index in [1.807, 2.05) is 6.92 Å². The Morgan fingerprint density at radius 3 is 2.38 bits per heavy atom. The second-order valence-electron chi connectivity index (χ2n) is 4.63. The molecule has 0 spiro atoms. The SMILES string of the molecule is Cc1ccc(S(=O)(=O)C(=Cc2cccn2C)NC=O)cc1. The average Bonchev–Trinajstić information content (AvgIpc) is 2.84. The Balaban J connectivity index is 2.51. The van der Waals surface area contributed by atoms with Crippen LogP contribution in [0.15, 0.2) is 52.5 Å². The molecule has 0 aliphatic rings. The van der Waals surface area contributed by atoms with Gasteiger partial charge in [0.1, 0.15) is 5.03 Å². The van der Waals surface area contributed by atoms with Crippen LogP contribution in [0.25, 0.3) is 6.08 Å². The molecule has 0 aliphatic heterocycles. The summed E-state index contributed by atoms with van der Waals surface area (Å²) in [6.45, 7) is 1.88. The summed E-state index contributed by atoms with van der Waals surface area (Å²) in [5, 5.41) is 2.13. The van der Waals surface area contributed by atoms with Crippen molar-refractivity contribution in [1.29, 1.82) is 0 Å². The molecule has 0 saturated heterocycles. The third kappa shape index (κ3) is 3.22. The molecule has 110 valence electrons. The van der Waals surface area contributed by atoms with E-state index in [0.29, 0.717) is 12.1 Å². The average molecular weight is 304 g/mol. The van der Waals surface area contributed by atoms with Gasteiger partial charge in [-0.25, -0.2) is 8.42 Å². The first-order valence-corrected chi connectivity index (χ1v) is 7.78. The summed E-state index contributed by atoms with van der Waals surface area (Å²) in [6, 6.07) is 10.0. The van der Waals surface area contributed by atoms with Gasteiger partial charge < -0.3 is 9.88 Å². The van der Waals surface area contributed by atoms with E-state index in [2.05, 4.69) is 5.32 Å². The second kappa shape index (κ2) is 5.97. The van der Waals surface area contributed by atoms with Gasteiger partial charge in [0.15, 0.2) is 0 Å². The van der Waals surface area contributed by atoms with Crippen molar-refractivity contribution in [2.75, 3.05) is 0 Å². The molecule has 0 bridgehead atoms. The van der Waals surface area contributed by atoms with Gasteiger partial charge in [0, 0.05) is 18.9 Å². The standard InChI is InChI=1S/C15H16N2O3S/c1-12-5-7-14(8-6-12)21(19,20)15(16-11-18)10-13-4-3-9-17(13)2/h3-11H,1-2H3,(H,16,18). The van der Waals surface area contributed by atoms with Crippen molar-refractivity contribution in [3.63, 3.8) is 0 Å². The first kappa shape index (κ1) is 15.1. The van der Waals surface area contributed by atoms with E-state index < -0.39 is 9.84 Å². The predicted octanol–water partition coefficient (Wildman–Crippen LogP) is 1.85. The maximum Gasteiger partial charge on any atom is 0.221 e. The maximum atomic E-state index is 12.6. The largest absolute Gasteiger partial charge is 0.351 e. The van der Waals surface area contributed by atoms with Gasteiger partial charge in [0.05, 0.1) is 4.90 Å². The van der Waals surface area contributed by atoms with Gasteiger partial charge in [-0.15, -0.1) is 0 Å². The number of benzene rings is 1. The van der Waals surface area contributed by atoms with Crippen LogP contribution in [0.4, 0.5) is 0 Å². The van der Waals surface area contributed by atoms with E-state index in [-0.39, 0.29) is 9.92 Å². The van der Waals surface area contributed by atoms with Crippen LogP contribution in [0, 0.1) is 6.92 Å². The first-order chi connectivity index (χ1) is 9.95. The third-order valence-electron chi connectivity index (χ3n) is 3.08. The summed E-state index contributed by atoms with van der Waals surface area (Å²) >= 11 is 0. The van der Waals surface area contributed by atoms with E-state index in [9.17, 15) is 13.2 Å². The fraction of sp³-hybridized carbons (Fsp3) is 0.133. The fourth-order valence-electron chi connectivity index (χ4n) is 1.86. The lowest BCUT2D eigenvalue weighted by atomic mass is 10.2. The zero-order valence-electron chi connectivity index (χ0n) is 11.8. The monoisotopic (exact) mass is 304 g/mol. The van der Waals surface area contributed by atoms with Crippen LogP contribution in [0.1, 0.15) is 11.3 Å². The highest BCUT2D eigenvalue weighted by molar-refractivity contribution is 7.95. The zero-order valence-corrected chi connectivity index (χ0v) is 12.6. The molecule has 5 nitrogen and oxygen atoms in total. The summed E-state index contributed by atoms with van der Waals surface area (Å²) in [5.41, 5.74) is 1.64. The van der Waals surface area contributed by atoms with E-state index in [1.54, 1.807) is 42.1 Å². The minimum Gasteiger partial charge on any atom is -0.351 e. The first-order valence-electron chi connectivity index (χ1n) is 6.30. The minimum absolute atomic E-state index is 0.142. The molecule has 0 saturated carbocycles. The number of sulfone groups is 1. The van der Waals surface area contributed by atoms with Crippen molar-refractivity contribution in [3.8, 4) is 0 Å². The van der Waals surface area contributed by atoms with Crippen molar-refractivity contribution in [2.45, 2.75) is 11.8 Å². The lowest BCUT2D eigenvalue weighted by Crippen LogP contribution is -2.19. The molecule has 6 heteroatoms. The van der Waals surface area contributed by atoms with E-state index >= 15 is 0 Å². The molecule has 21 heavy (non-hydrogen) atoms. The highest BCUT2D eigenvalue weighted by Crippen LogP contribution is 2.20. The van der Waals surface area contributed by atoms with Gasteiger partial charge in [-0.3, -0.25) is 4.79 Å². The van der Waals surface area contributed by atoms with Gasteiger partial charge in [-0.2, -0.15) is 0 Å². The Morgan fingerprint density at radius 1 is 1.19 bits per heavy atom. The Kier molecular flexibility index (Phi) is 4.28. The number of nitrogens with zero attached hydrogens (tertiary/aromatic N) is 1. The Labute approximate surface area is 123 Å². The molecule has 2 aromatic rings. The van der Waals surface area contributed by atoms with Crippen LogP contribution in [0.2, 0.25) is 0 Å². The molecular weight excluding hydrogens is 288 g/mol. The Hall–Kier alpha value is -2.34. The van der Waals surface area contributed by atoms with Crippen LogP contribution in [0.5, 0.6) is 0 Å². The number of aromatic nitrogens is 1. The number of carbonyl (C=O) groups excluding carboxylic acids is 1. The summed E-state index contributed by atoms with van der Waals surface area (Å²) in [7, 11) is -1.97. The van der Waals surface area contributed by atoms with Crippen LogP contribution in [-0.4, -0.2) is 19.4 Å². The van der Waals surface area contributed by atoms with Gasteiger partial charge in [-0.1, -0.05) is 17.7 Å². The highest BCUT2D eigenvalue weighted by atomic mass is 32.2. The predicted molar refractivity (Wildman–Crippen MR) is 81.0 cm³/mol. The van der Waals surface area contributed by atoms with Crippen molar-refractivity contribution < 1.29 is 13.2 Å². The lowest BCUT2D eigenvalue weighted by molar-refractivity contribution is -0.108. The molecule has 1 aromatic carbocycles. The van der Waals surface area contributed by atoms with Crippen molar-refractivity contribution in [1.82, 2.24) is 9.88 Å². The van der Waals surface area contributed by atoms with Crippen molar-refractivity contribution in [2.24, 2.45) is 7.05 Å². The summed E-state index contributed by atoms with van der Waals surface area (Å²) in [6.07, 6.45) is 3.59. The smallest absolute Gasteiger partial charge is 0.221 e. The van der Waals surface area contributed by atoms with Gasteiger partial charge in [0.25, 0.3) is 0 Å². The third-order valence-corrected chi connectivity index (χ3v) is 4.79. The molecule has 1 amide bonds. The molecule has 1 N–H and O–H groups in total. The molecule has 0 aliphatic carbocycles. The number of carbonyl (C=O) groups is 1. The lowest BCUT2D eigenvalue weighted by Gasteiger charge is -2.09. The minimum atomic E-state index is -3.77. The molecule has 0 radical (unpaired) electrons. The fourth-order valence-corrected chi connectivity index (χ4v) is 3.09. The van der Waals surface area contributed by atoms with Crippen molar-refractivity contribution in [3.05, 3.63) is 58.9 Å². The van der Waals surface area contributed by atoms with Crippen molar-refractivity contribution >= 4 is 22.3 Å². The summed E-state index contributed by atoms with van der Waals surface area (Å²) in [4.78, 5) is 10.9. The van der Waals surface area contributed by atoms with Gasteiger partial charge in [-0.05, 0) is 37.3 Å². The van der Waals surface area contributed by atoms with Crippen LogP contribution in [-0.2, 0) is 21.7 Å². The van der Waals surface area contributed by atoms with Crippen LogP contribution < -0.4 is 5.32 Å². The molecule has 2 rings (SSSR count). The van der Waals surface area contributed by atoms with E-state index in [0.717, 1.165) is 5.56 Å². The molecule has 1 aromatic heterocycles. The second-order valence-corrected chi connectivity index (χ2v) is 6.55. The van der Waals surface area contributed by atoms with E-state index in [1.165, 1.54) is 18.2 Å². The Morgan fingerprint density at radius 2 is 1.86 bits per heavy atom. The summed E-state index contributed by atoms with van der Waals surface area (Å²) < 4.78 is 26.9. The van der Waals surface area contributed by atoms with Gasteiger partial charge in [0.2, 0.25) is 16.2 Å². The number of hydrogen-bond donors (Lipinski definition) is 1. The van der Waals surface area contributed by atoms with Crippen LogP contribution >= 0.6 is 0 Å². The zero-order chi connectivity index (χ0) is 15.5. The van der Waals surface area contributed by atoms with E-state index in [4.69, 9.17) is 0 Å². The quantitative estimate of drug-likeness (QED) is 0.857. The topological polar surface area (TPSA) is 68.2 Å². The number of hydrogen-bond acceptors (Lipinski definition) is 3. The van der Waals surface area contributed by atoms with Gasteiger partial charge >= 0.3 is 0 Å². The highest BCUT2D eigenvalue weighted by Gasteiger charge is 2.20. The number of amides is 1. The molecule has 0 unspecified atom stereocenters. The molecule has 0 atom stereocenters. The Bertz CT molecular complexity index is 772. The molecule has 1 heterocycles. The molecular formula is C15H16N2O3S. The number of aryl methyl sites for hydroxylation is 2. The normalized spacial score (nSPS) is 12.2. The maximum absolute atomic E-state index is 12.6. The number of rotatable bonds is 5. The van der Waals surface area contributed by atoms with Crippen LogP contribution in [0.3, 0.4) is 0 Å².